The molecule has 0 aromatic carbocycles. The molecule has 6 nitrogen and oxygen atoms in total. The highest BCUT2D eigenvalue weighted by Gasteiger charge is 2.12. The van der Waals surface area contributed by atoms with Crippen LogP contribution in [0.2, 0.25) is 0 Å². The van der Waals surface area contributed by atoms with Crippen LogP contribution in [0, 0.1) is 4.77 Å². The Balaban J connectivity index is 2.16. The second kappa shape index (κ2) is 8.17. The fraction of sp³-hybridized carbons (Fsp3) is 0.533. The van der Waals surface area contributed by atoms with E-state index in [0.29, 0.717) is 17.3 Å². The molecule has 7 heteroatoms. The molecule has 0 fully saturated rings. The van der Waals surface area contributed by atoms with Crippen LogP contribution in [0.4, 0.5) is 0 Å². The summed E-state index contributed by atoms with van der Waals surface area (Å²) >= 11 is 5.49. The Morgan fingerprint density at radius 3 is 2.73 bits per heavy atom. The predicted octanol–water partition coefficient (Wildman–Crippen LogP) is 2.19. The van der Waals surface area contributed by atoms with Gasteiger partial charge in [-0.15, -0.1) is 0 Å². The van der Waals surface area contributed by atoms with Crippen LogP contribution in [0.25, 0.3) is 0 Å². The second-order valence-electron chi connectivity index (χ2n) is 5.12. The molecule has 2 heterocycles. The highest BCUT2D eigenvalue weighted by molar-refractivity contribution is 7.71. The minimum Gasteiger partial charge on any atom is -0.388 e. The first-order chi connectivity index (χ1) is 10.7. The van der Waals surface area contributed by atoms with Gasteiger partial charge >= 0.3 is 0 Å². The van der Waals surface area contributed by atoms with Crippen molar-refractivity contribution in [1.29, 1.82) is 0 Å². The van der Waals surface area contributed by atoms with Crippen molar-refractivity contribution < 1.29 is 5.11 Å². The summed E-state index contributed by atoms with van der Waals surface area (Å²) in [5.74, 6) is 0.626. The molecule has 2 rings (SSSR count). The number of aliphatic hydroxyl groups excluding tert-OH is 1. The molecule has 0 saturated heterocycles. The van der Waals surface area contributed by atoms with Gasteiger partial charge in [-0.3, -0.25) is 9.88 Å². The molecular formula is C15H23N5OS. The molecule has 1 N–H and O–H groups in total. The first-order valence-electron chi connectivity index (χ1n) is 7.59. The highest BCUT2D eigenvalue weighted by atomic mass is 32.1. The van der Waals surface area contributed by atoms with E-state index in [1.54, 1.807) is 10.9 Å². The van der Waals surface area contributed by atoms with E-state index in [-0.39, 0.29) is 6.61 Å². The Bertz CT molecular complexity index is 637. The second-order valence-corrected chi connectivity index (χ2v) is 5.48. The summed E-state index contributed by atoms with van der Waals surface area (Å²) in [5.41, 5.74) is 1.02. The van der Waals surface area contributed by atoms with Crippen LogP contribution in [-0.4, -0.2) is 35.9 Å². The van der Waals surface area contributed by atoms with Crippen molar-refractivity contribution in [3.05, 3.63) is 40.7 Å². The third kappa shape index (κ3) is 4.00. The molecule has 0 aliphatic carbocycles. The van der Waals surface area contributed by atoms with Gasteiger partial charge in [0, 0.05) is 19.3 Å². The molecule has 0 unspecified atom stereocenters. The summed E-state index contributed by atoms with van der Waals surface area (Å²) in [7, 11) is 0. The Labute approximate surface area is 136 Å². The van der Waals surface area contributed by atoms with Crippen LogP contribution in [0.15, 0.2) is 24.4 Å². The van der Waals surface area contributed by atoms with E-state index < -0.39 is 0 Å². The summed E-state index contributed by atoms with van der Waals surface area (Å²) < 4.78 is 4.35. The average Bonchev–Trinajstić information content (AvgIpc) is 2.84. The van der Waals surface area contributed by atoms with Gasteiger partial charge in [-0.25, -0.2) is 4.68 Å². The lowest BCUT2D eigenvalue weighted by molar-refractivity contribution is 0.203. The van der Waals surface area contributed by atoms with Gasteiger partial charge in [-0.2, -0.15) is 5.10 Å². The maximum atomic E-state index is 9.44. The molecule has 2 aromatic heterocycles. The van der Waals surface area contributed by atoms with Gasteiger partial charge in [0.15, 0.2) is 10.6 Å². The molecule has 0 atom stereocenters. The third-order valence-electron chi connectivity index (χ3n) is 3.48. The molecule has 2 aromatic rings. The van der Waals surface area contributed by atoms with Gasteiger partial charge in [-0.05, 0) is 37.3 Å². The van der Waals surface area contributed by atoms with Crippen LogP contribution in [0.3, 0.4) is 0 Å². The molecule has 120 valence electrons. The van der Waals surface area contributed by atoms with Gasteiger partial charge in [0.05, 0.1) is 12.4 Å². The summed E-state index contributed by atoms with van der Waals surface area (Å²) in [6.45, 7) is 7.07. The van der Waals surface area contributed by atoms with Crippen molar-refractivity contribution in [2.24, 2.45) is 0 Å². The van der Waals surface area contributed by atoms with Gasteiger partial charge in [0.2, 0.25) is 0 Å². The van der Waals surface area contributed by atoms with Crippen LogP contribution >= 0.6 is 12.2 Å². The zero-order valence-electron chi connectivity index (χ0n) is 13.1. The highest BCUT2D eigenvalue weighted by Crippen LogP contribution is 2.07. The number of hydrogen-bond donors (Lipinski definition) is 1. The quantitative estimate of drug-likeness (QED) is 0.755. The zero-order chi connectivity index (χ0) is 15.9. The van der Waals surface area contributed by atoms with Gasteiger partial charge < -0.3 is 9.67 Å². The normalized spacial score (nSPS) is 11.3. The number of aromatic nitrogens is 4. The maximum absolute atomic E-state index is 9.44. The SMILES string of the molecule is CCCn1c(CO)nn(CN(CC)Cc2ccccn2)c1=S. The molecule has 0 saturated carbocycles. The first-order valence-corrected chi connectivity index (χ1v) is 8.00. The van der Waals surface area contributed by atoms with Crippen LogP contribution in [0.1, 0.15) is 31.8 Å². The molecule has 0 aliphatic rings. The smallest absolute Gasteiger partial charge is 0.199 e. The van der Waals surface area contributed by atoms with Gasteiger partial charge in [0.25, 0.3) is 0 Å². The monoisotopic (exact) mass is 321 g/mol. The van der Waals surface area contributed by atoms with Crippen molar-refractivity contribution in [2.45, 2.75) is 46.6 Å². The van der Waals surface area contributed by atoms with Crippen molar-refractivity contribution in [1.82, 2.24) is 24.2 Å². The molecule has 22 heavy (non-hydrogen) atoms. The van der Waals surface area contributed by atoms with E-state index in [2.05, 4.69) is 28.8 Å². The molecule has 0 aliphatic heterocycles. The molecule has 0 amide bonds. The number of hydrogen-bond acceptors (Lipinski definition) is 5. The van der Waals surface area contributed by atoms with E-state index in [1.165, 1.54) is 0 Å². The molecule has 0 spiro atoms. The van der Waals surface area contributed by atoms with Crippen LogP contribution in [-0.2, 0) is 26.4 Å². The third-order valence-corrected chi connectivity index (χ3v) is 3.91. The van der Waals surface area contributed by atoms with E-state index >= 15 is 0 Å². The summed E-state index contributed by atoms with van der Waals surface area (Å²) in [4.78, 5) is 6.57. The van der Waals surface area contributed by atoms with Crippen molar-refractivity contribution >= 4 is 12.2 Å². The van der Waals surface area contributed by atoms with E-state index in [4.69, 9.17) is 12.2 Å². The zero-order valence-corrected chi connectivity index (χ0v) is 14.0. The van der Waals surface area contributed by atoms with E-state index in [1.807, 2.05) is 22.8 Å². The van der Waals surface area contributed by atoms with E-state index in [9.17, 15) is 5.11 Å². The lowest BCUT2D eigenvalue weighted by atomic mass is 10.3. The lowest BCUT2D eigenvalue weighted by Crippen LogP contribution is -2.27. The Kier molecular flexibility index (Phi) is 6.23. The largest absolute Gasteiger partial charge is 0.388 e. The Morgan fingerprint density at radius 1 is 1.32 bits per heavy atom. The minimum atomic E-state index is -0.0942. The first kappa shape index (κ1) is 16.8. The topological polar surface area (TPSA) is 59.1 Å². The summed E-state index contributed by atoms with van der Waals surface area (Å²) in [5, 5.41) is 13.9. The standard InChI is InChI=1S/C15H23N5OS/c1-3-9-19-14(11-21)17-20(15(19)22)12-18(4-2)10-13-7-5-6-8-16-13/h5-8,21H,3-4,9-12H2,1-2H3. The van der Waals surface area contributed by atoms with Crippen LogP contribution in [0.5, 0.6) is 0 Å². The minimum absolute atomic E-state index is 0.0942. The fourth-order valence-corrected chi connectivity index (χ4v) is 2.61. The van der Waals surface area contributed by atoms with Crippen molar-refractivity contribution in [2.75, 3.05) is 6.54 Å². The van der Waals surface area contributed by atoms with Crippen molar-refractivity contribution in [3.63, 3.8) is 0 Å². The predicted molar refractivity (Wildman–Crippen MR) is 87.6 cm³/mol. The molecule has 0 bridgehead atoms. The number of rotatable bonds is 8. The van der Waals surface area contributed by atoms with Crippen molar-refractivity contribution in [3.8, 4) is 0 Å². The number of pyridine rings is 1. The van der Waals surface area contributed by atoms with Gasteiger partial charge in [0.1, 0.15) is 6.61 Å². The lowest BCUT2D eigenvalue weighted by Gasteiger charge is -2.19. The Morgan fingerprint density at radius 2 is 2.14 bits per heavy atom. The Hall–Kier alpha value is -1.57. The molecule has 0 radical (unpaired) electrons. The maximum Gasteiger partial charge on any atom is 0.199 e. The van der Waals surface area contributed by atoms with E-state index in [0.717, 1.165) is 31.7 Å². The molecular weight excluding hydrogens is 298 g/mol. The van der Waals surface area contributed by atoms with Crippen LogP contribution < -0.4 is 0 Å². The summed E-state index contributed by atoms with van der Waals surface area (Å²) in [6.07, 6.45) is 2.76. The number of nitrogens with zero attached hydrogens (tertiary/aromatic N) is 5. The number of aliphatic hydroxyl groups is 1. The summed E-state index contributed by atoms with van der Waals surface area (Å²) in [6, 6.07) is 5.91. The fourth-order valence-electron chi connectivity index (χ4n) is 2.32. The van der Waals surface area contributed by atoms with Gasteiger partial charge in [-0.1, -0.05) is 19.9 Å². The average molecular weight is 321 g/mol.